The Kier molecular flexibility index (Phi) is 6.71. The lowest BCUT2D eigenvalue weighted by Crippen LogP contribution is -2.50. The van der Waals surface area contributed by atoms with Crippen molar-refractivity contribution >= 4 is 0 Å². The average molecular weight is 397 g/mol. The Hall–Kier alpha value is -2.64. The molecule has 0 saturated carbocycles. The van der Waals surface area contributed by atoms with Crippen molar-refractivity contribution in [3.05, 3.63) is 72.0 Å². The first kappa shape index (κ1) is 21.1. The van der Waals surface area contributed by atoms with Crippen molar-refractivity contribution < 1.29 is 24.5 Å². The molecule has 3 rings (SSSR count). The molecule has 4 N–H and O–H groups in total. The summed E-state index contributed by atoms with van der Waals surface area (Å²) in [7, 11) is 1.65. The van der Waals surface area contributed by atoms with E-state index in [9.17, 15) is 15.3 Å². The van der Waals surface area contributed by atoms with Gasteiger partial charge in [-0.05, 0) is 68.1 Å². The lowest BCUT2D eigenvalue weighted by Gasteiger charge is -2.31. The summed E-state index contributed by atoms with van der Waals surface area (Å²) in [5, 5.41) is 32.4. The highest BCUT2D eigenvalue weighted by Gasteiger charge is 2.30. The zero-order valence-corrected chi connectivity index (χ0v) is 16.6. The molecule has 0 bridgehead atoms. The van der Waals surface area contributed by atoms with Crippen molar-refractivity contribution in [1.82, 2.24) is 5.32 Å². The molecule has 1 heterocycles. The van der Waals surface area contributed by atoms with E-state index in [1.165, 1.54) is 0 Å². The van der Waals surface area contributed by atoms with Crippen molar-refractivity contribution in [3.63, 3.8) is 0 Å². The van der Waals surface area contributed by atoms with Crippen molar-refractivity contribution in [1.29, 1.82) is 0 Å². The van der Waals surface area contributed by atoms with Gasteiger partial charge in [0.15, 0.2) is 0 Å². The van der Waals surface area contributed by atoms with Gasteiger partial charge in [-0.3, -0.25) is 0 Å². The van der Waals surface area contributed by atoms with Crippen molar-refractivity contribution in [2.24, 2.45) is 0 Å². The molecule has 6 heteroatoms. The van der Waals surface area contributed by atoms with Crippen molar-refractivity contribution in [2.45, 2.75) is 25.0 Å². The van der Waals surface area contributed by atoms with Crippen LogP contribution in [-0.4, -0.2) is 41.1 Å². The van der Waals surface area contributed by atoms with E-state index in [4.69, 9.17) is 9.15 Å². The molecule has 6 nitrogen and oxygen atoms in total. The second kappa shape index (κ2) is 9.24. The Morgan fingerprint density at radius 3 is 2.00 bits per heavy atom. The number of likely N-dealkylation sites (N-methyl/N-ethyl adjacent to an activating group) is 1. The Morgan fingerprint density at radius 2 is 1.52 bits per heavy atom. The van der Waals surface area contributed by atoms with Gasteiger partial charge in [-0.1, -0.05) is 12.1 Å². The second-order valence-corrected chi connectivity index (χ2v) is 7.17. The molecular formula is C23H27NO5. The molecule has 0 radical (unpaired) electrons. The van der Waals surface area contributed by atoms with Crippen molar-refractivity contribution in [2.75, 3.05) is 20.3 Å². The van der Waals surface area contributed by atoms with Crippen LogP contribution in [0.2, 0.25) is 0 Å². The molecule has 0 saturated heterocycles. The Balaban J connectivity index is 1.64. The minimum atomic E-state index is -0.928. The van der Waals surface area contributed by atoms with Crippen LogP contribution in [0.3, 0.4) is 0 Å². The van der Waals surface area contributed by atoms with Crippen LogP contribution in [0, 0.1) is 6.92 Å². The van der Waals surface area contributed by atoms with E-state index in [1.807, 2.05) is 43.3 Å². The third kappa shape index (κ3) is 5.05. The molecule has 1 unspecified atom stereocenters. The molecule has 1 aromatic heterocycles. The van der Waals surface area contributed by atoms with Gasteiger partial charge in [0.1, 0.15) is 23.0 Å². The van der Waals surface area contributed by atoms with Gasteiger partial charge >= 0.3 is 0 Å². The van der Waals surface area contributed by atoms with E-state index in [0.717, 1.165) is 17.1 Å². The molecule has 1 atom stereocenters. The van der Waals surface area contributed by atoms with Crippen LogP contribution in [0.4, 0.5) is 0 Å². The van der Waals surface area contributed by atoms with E-state index in [0.29, 0.717) is 17.1 Å². The number of hydrogen-bond acceptors (Lipinski definition) is 6. The van der Waals surface area contributed by atoms with Gasteiger partial charge in [-0.25, -0.2) is 0 Å². The number of ether oxygens (including phenoxy) is 1. The molecule has 2 aromatic carbocycles. The third-order valence-electron chi connectivity index (χ3n) is 5.10. The Bertz CT molecular complexity index is 890. The molecule has 0 fully saturated rings. The standard InChI is InChI=1S/C23H27NO5/c1-16-3-12-22(28-16)18-6-10-20(11-7-18)29-19-8-4-17(5-9-19)21(27)13-23(14-25,15-26)24-2/h3-12,21,24-27H,13-15H2,1-2H3. The van der Waals surface area contributed by atoms with Gasteiger partial charge in [0, 0.05) is 12.0 Å². The van der Waals surface area contributed by atoms with E-state index >= 15 is 0 Å². The highest BCUT2D eigenvalue weighted by Crippen LogP contribution is 2.29. The number of benzene rings is 2. The normalized spacial score (nSPS) is 12.7. The number of nitrogens with one attached hydrogen (secondary N) is 1. The van der Waals surface area contributed by atoms with Gasteiger partial charge in [0.05, 0.1) is 24.9 Å². The first-order valence-corrected chi connectivity index (χ1v) is 9.52. The SMILES string of the molecule is CNC(CO)(CO)CC(O)c1ccc(Oc2ccc(-c3ccc(C)o3)cc2)cc1. The zero-order valence-electron chi connectivity index (χ0n) is 16.6. The Morgan fingerprint density at radius 1 is 0.931 bits per heavy atom. The van der Waals surface area contributed by atoms with E-state index < -0.39 is 11.6 Å². The topological polar surface area (TPSA) is 95.1 Å². The van der Waals surface area contributed by atoms with Crippen LogP contribution in [0.5, 0.6) is 11.5 Å². The lowest BCUT2D eigenvalue weighted by molar-refractivity contribution is 0.0435. The summed E-state index contributed by atoms with van der Waals surface area (Å²) in [5.41, 5.74) is 0.732. The van der Waals surface area contributed by atoms with E-state index in [-0.39, 0.29) is 19.6 Å². The van der Waals surface area contributed by atoms with Crippen LogP contribution < -0.4 is 10.1 Å². The predicted molar refractivity (Wildman–Crippen MR) is 111 cm³/mol. The molecule has 0 aliphatic heterocycles. The van der Waals surface area contributed by atoms with Gasteiger partial charge < -0.3 is 29.8 Å². The summed E-state index contributed by atoms with van der Waals surface area (Å²) in [6, 6.07) is 18.6. The van der Waals surface area contributed by atoms with Gasteiger partial charge in [-0.15, -0.1) is 0 Å². The number of aliphatic hydroxyl groups excluding tert-OH is 3. The van der Waals surface area contributed by atoms with E-state index in [2.05, 4.69) is 5.32 Å². The third-order valence-corrected chi connectivity index (χ3v) is 5.10. The summed E-state index contributed by atoms with van der Waals surface area (Å²) in [4.78, 5) is 0. The first-order chi connectivity index (χ1) is 14.0. The first-order valence-electron chi connectivity index (χ1n) is 9.52. The summed E-state index contributed by atoms with van der Waals surface area (Å²) < 4.78 is 11.5. The smallest absolute Gasteiger partial charge is 0.134 e. The zero-order chi connectivity index (χ0) is 20.9. The fraction of sp³-hybridized carbons (Fsp3) is 0.304. The molecular weight excluding hydrogens is 370 g/mol. The minimum Gasteiger partial charge on any atom is -0.461 e. The maximum Gasteiger partial charge on any atom is 0.134 e. The second-order valence-electron chi connectivity index (χ2n) is 7.17. The average Bonchev–Trinajstić information content (AvgIpc) is 3.19. The highest BCUT2D eigenvalue weighted by atomic mass is 16.5. The van der Waals surface area contributed by atoms with E-state index in [1.54, 1.807) is 31.3 Å². The largest absolute Gasteiger partial charge is 0.461 e. The fourth-order valence-electron chi connectivity index (χ4n) is 3.10. The maximum atomic E-state index is 10.5. The number of aliphatic hydroxyl groups is 3. The van der Waals surface area contributed by atoms with Crippen LogP contribution >= 0.6 is 0 Å². The summed E-state index contributed by atoms with van der Waals surface area (Å²) in [6.07, 6.45) is -0.642. The molecule has 0 aliphatic carbocycles. The molecule has 0 amide bonds. The van der Waals surface area contributed by atoms with Crippen LogP contribution in [-0.2, 0) is 0 Å². The lowest BCUT2D eigenvalue weighted by atomic mass is 9.91. The van der Waals surface area contributed by atoms with Gasteiger partial charge in [0.2, 0.25) is 0 Å². The molecule has 0 aliphatic rings. The molecule has 29 heavy (non-hydrogen) atoms. The van der Waals surface area contributed by atoms with Gasteiger partial charge in [0.25, 0.3) is 0 Å². The van der Waals surface area contributed by atoms with Crippen LogP contribution in [0.15, 0.2) is 65.1 Å². The highest BCUT2D eigenvalue weighted by molar-refractivity contribution is 5.58. The summed E-state index contributed by atoms with van der Waals surface area (Å²) in [6.45, 7) is 1.37. The minimum absolute atomic E-state index is 0.185. The predicted octanol–water partition coefficient (Wildman–Crippen LogP) is 3.41. The molecule has 0 spiro atoms. The number of furan rings is 1. The molecule has 3 aromatic rings. The molecule has 154 valence electrons. The Labute approximate surface area is 170 Å². The monoisotopic (exact) mass is 397 g/mol. The van der Waals surface area contributed by atoms with Crippen molar-refractivity contribution in [3.8, 4) is 22.8 Å². The number of aryl methyl sites for hydroxylation is 1. The van der Waals surface area contributed by atoms with Crippen LogP contribution in [0.1, 0.15) is 23.8 Å². The van der Waals surface area contributed by atoms with Crippen LogP contribution in [0.25, 0.3) is 11.3 Å². The maximum absolute atomic E-state index is 10.5. The van der Waals surface area contributed by atoms with Gasteiger partial charge in [-0.2, -0.15) is 0 Å². The number of rotatable bonds is 9. The fourth-order valence-corrected chi connectivity index (χ4v) is 3.10. The number of hydrogen-bond donors (Lipinski definition) is 4. The summed E-state index contributed by atoms with van der Waals surface area (Å²) >= 11 is 0. The quantitative estimate of drug-likeness (QED) is 0.442. The summed E-state index contributed by atoms with van der Waals surface area (Å²) in [5.74, 6) is 3.02.